The van der Waals surface area contributed by atoms with E-state index in [4.69, 9.17) is 5.73 Å². The van der Waals surface area contributed by atoms with E-state index in [1.807, 2.05) is 20.2 Å². The number of nitrogens with two attached hydrogens (primary N) is 1. The third kappa shape index (κ3) is 3.32. The molecule has 1 aromatic carbocycles. The van der Waals surface area contributed by atoms with Gasteiger partial charge in [-0.2, -0.15) is 0 Å². The van der Waals surface area contributed by atoms with Crippen LogP contribution < -0.4 is 5.73 Å². The van der Waals surface area contributed by atoms with Crippen molar-refractivity contribution in [2.75, 3.05) is 27.2 Å². The van der Waals surface area contributed by atoms with E-state index in [0.717, 1.165) is 18.5 Å². The smallest absolute Gasteiger partial charge is 0.180 e. The fraction of sp³-hybridized carbons (Fsp3) is 0.417. The molecule has 0 heterocycles. The Labute approximate surface area is 95.7 Å². The molecule has 0 fully saturated rings. The van der Waals surface area contributed by atoms with E-state index in [2.05, 4.69) is 4.90 Å². The predicted molar refractivity (Wildman–Crippen MR) is 63.7 cm³/mol. The zero-order chi connectivity index (χ0) is 12.1. The number of phenols is 1. The number of ketones is 1. The lowest BCUT2D eigenvalue weighted by atomic mass is 10.0. The number of nitrogens with zero attached hydrogens (tertiary/aromatic N) is 1. The van der Waals surface area contributed by atoms with Gasteiger partial charge in [0.1, 0.15) is 5.75 Å². The van der Waals surface area contributed by atoms with E-state index in [-0.39, 0.29) is 18.1 Å². The van der Waals surface area contributed by atoms with Crippen LogP contribution in [0.25, 0.3) is 0 Å². The molecule has 0 aromatic heterocycles. The van der Waals surface area contributed by atoms with Gasteiger partial charge >= 0.3 is 0 Å². The number of hydrogen-bond donors (Lipinski definition) is 2. The van der Waals surface area contributed by atoms with Gasteiger partial charge in [0.15, 0.2) is 5.78 Å². The predicted octanol–water partition coefficient (Wildman–Crippen LogP) is 0.638. The second kappa shape index (κ2) is 5.63. The first-order chi connectivity index (χ1) is 7.54. The molecule has 0 radical (unpaired) electrons. The zero-order valence-corrected chi connectivity index (χ0v) is 9.73. The molecule has 0 aliphatic heterocycles. The number of likely N-dealkylation sites (N-methyl/N-ethyl adjacent to an activating group) is 1. The van der Waals surface area contributed by atoms with Crippen molar-refractivity contribution in [2.45, 2.75) is 6.42 Å². The third-order valence-electron chi connectivity index (χ3n) is 2.39. The summed E-state index contributed by atoms with van der Waals surface area (Å²) in [7, 11) is 3.98. The van der Waals surface area contributed by atoms with Crippen molar-refractivity contribution in [3.63, 3.8) is 0 Å². The van der Waals surface area contributed by atoms with Crippen LogP contribution in [0.3, 0.4) is 0 Å². The standard InChI is InChI=1S/C12H18N2O2/c1-14(2)6-5-9-3-4-11(15)10(7-9)12(16)8-13/h3-4,7,15H,5-6,8,13H2,1-2H3. The van der Waals surface area contributed by atoms with Crippen molar-refractivity contribution in [3.05, 3.63) is 29.3 Å². The Morgan fingerprint density at radius 1 is 1.44 bits per heavy atom. The molecular formula is C12H18N2O2. The largest absolute Gasteiger partial charge is 0.507 e. The van der Waals surface area contributed by atoms with E-state index in [1.54, 1.807) is 12.1 Å². The minimum absolute atomic E-state index is 0.00375. The monoisotopic (exact) mass is 222 g/mol. The van der Waals surface area contributed by atoms with Crippen LogP contribution in [-0.4, -0.2) is 43.0 Å². The molecule has 0 spiro atoms. The summed E-state index contributed by atoms with van der Waals surface area (Å²) in [4.78, 5) is 13.5. The Bertz CT molecular complexity index is 375. The maximum Gasteiger partial charge on any atom is 0.180 e. The third-order valence-corrected chi connectivity index (χ3v) is 2.39. The minimum atomic E-state index is -0.232. The molecule has 1 aromatic rings. The van der Waals surface area contributed by atoms with Gasteiger partial charge in [-0.05, 0) is 38.2 Å². The highest BCUT2D eigenvalue weighted by molar-refractivity contribution is 6.00. The maximum atomic E-state index is 11.4. The lowest BCUT2D eigenvalue weighted by Gasteiger charge is -2.10. The van der Waals surface area contributed by atoms with Crippen molar-refractivity contribution < 1.29 is 9.90 Å². The van der Waals surface area contributed by atoms with E-state index in [0.29, 0.717) is 5.56 Å². The molecule has 16 heavy (non-hydrogen) atoms. The summed E-state index contributed by atoms with van der Waals surface area (Å²) in [6.45, 7) is 0.825. The molecule has 0 amide bonds. The fourth-order valence-corrected chi connectivity index (χ4v) is 1.42. The van der Waals surface area contributed by atoms with E-state index in [9.17, 15) is 9.90 Å². The second-order valence-electron chi connectivity index (χ2n) is 4.03. The highest BCUT2D eigenvalue weighted by atomic mass is 16.3. The summed E-state index contributed by atoms with van der Waals surface area (Å²) in [6, 6.07) is 5.09. The van der Waals surface area contributed by atoms with Crippen LogP contribution in [0.1, 0.15) is 15.9 Å². The molecule has 0 saturated heterocycles. The summed E-state index contributed by atoms with van der Waals surface area (Å²) >= 11 is 0. The Hall–Kier alpha value is -1.39. The van der Waals surface area contributed by atoms with E-state index < -0.39 is 0 Å². The lowest BCUT2D eigenvalue weighted by Crippen LogP contribution is -2.16. The molecular weight excluding hydrogens is 204 g/mol. The van der Waals surface area contributed by atoms with Crippen LogP contribution in [0.4, 0.5) is 0 Å². The summed E-state index contributed by atoms with van der Waals surface area (Å²) in [5.74, 6) is -0.228. The van der Waals surface area contributed by atoms with Crippen molar-refractivity contribution in [1.29, 1.82) is 0 Å². The van der Waals surface area contributed by atoms with Crippen LogP contribution >= 0.6 is 0 Å². The quantitative estimate of drug-likeness (QED) is 0.717. The van der Waals surface area contributed by atoms with Crippen LogP contribution in [0.5, 0.6) is 5.75 Å². The molecule has 0 atom stereocenters. The first kappa shape index (κ1) is 12.7. The molecule has 0 bridgehead atoms. The van der Waals surface area contributed by atoms with Gasteiger partial charge in [0, 0.05) is 6.54 Å². The Kier molecular flexibility index (Phi) is 4.46. The summed E-state index contributed by atoms with van der Waals surface area (Å²) in [6.07, 6.45) is 0.845. The van der Waals surface area contributed by atoms with Crippen molar-refractivity contribution in [3.8, 4) is 5.75 Å². The van der Waals surface area contributed by atoms with Gasteiger partial charge in [0.2, 0.25) is 0 Å². The zero-order valence-electron chi connectivity index (χ0n) is 9.73. The molecule has 4 heteroatoms. The number of phenolic OH excluding ortho intramolecular Hbond substituents is 1. The summed E-state index contributed by atoms with van der Waals surface area (Å²) in [5, 5.41) is 9.53. The number of carbonyl (C=O) groups excluding carboxylic acids is 1. The normalized spacial score (nSPS) is 10.8. The Morgan fingerprint density at radius 2 is 2.12 bits per heavy atom. The van der Waals surface area contributed by atoms with Crippen LogP contribution in [0.2, 0.25) is 0 Å². The molecule has 3 N–H and O–H groups in total. The number of rotatable bonds is 5. The van der Waals surface area contributed by atoms with Crippen LogP contribution in [0, 0.1) is 0 Å². The highest BCUT2D eigenvalue weighted by Crippen LogP contribution is 2.19. The molecule has 1 rings (SSSR count). The number of hydrogen-bond acceptors (Lipinski definition) is 4. The molecule has 0 aliphatic carbocycles. The van der Waals surface area contributed by atoms with E-state index >= 15 is 0 Å². The van der Waals surface area contributed by atoms with Gasteiger partial charge in [-0.15, -0.1) is 0 Å². The van der Waals surface area contributed by atoms with E-state index in [1.165, 1.54) is 0 Å². The Balaban J connectivity index is 2.85. The van der Waals surface area contributed by atoms with Gasteiger partial charge in [0.25, 0.3) is 0 Å². The highest BCUT2D eigenvalue weighted by Gasteiger charge is 2.10. The van der Waals surface area contributed by atoms with Gasteiger partial charge < -0.3 is 15.7 Å². The molecule has 88 valence electrons. The number of benzene rings is 1. The van der Waals surface area contributed by atoms with Crippen molar-refractivity contribution in [1.82, 2.24) is 4.90 Å². The average Bonchev–Trinajstić information content (AvgIpc) is 2.27. The number of Topliss-reactive ketones (excluding diaryl/α,β-unsaturated/α-hetero) is 1. The van der Waals surface area contributed by atoms with Gasteiger partial charge in [0.05, 0.1) is 12.1 Å². The average molecular weight is 222 g/mol. The first-order valence-electron chi connectivity index (χ1n) is 5.24. The molecule has 0 aliphatic rings. The lowest BCUT2D eigenvalue weighted by molar-refractivity contribution is 0.0998. The maximum absolute atomic E-state index is 11.4. The first-order valence-corrected chi connectivity index (χ1v) is 5.24. The number of aromatic hydroxyl groups is 1. The van der Waals surface area contributed by atoms with Crippen molar-refractivity contribution in [2.24, 2.45) is 5.73 Å². The summed E-state index contributed by atoms with van der Waals surface area (Å²) in [5.41, 5.74) is 6.63. The SMILES string of the molecule is CN(C)CCc1ccc(O)c(C(=O)CN)c1. The van der Waals surface area contributed by atoms with Gasteiger partial charge in [-0.25, -0.2) is 0 Å². The summed E-state index contributed by atoms with van der Waals surface area (Å²) < 4.78 is 0. The second-order valence-corrected chi connectivity index (χ2v) is 4.03. The van der Waals surface area contributed by atoms with Gasteiger partial charge in [-0.1, -0.05) is 6.07 Å². The molecule has 0 saturated carbocycles. The fourth-order valence-electron chi connectivity index (χ4n) is 1.42. The van der Waals surface area contributed by atoms with Crippen molar-refractivity contribution >= 4 is 5.78 Å². The Morgan fingerprint density at radius 3 is 2.69 bits per heavy atom. The topological polar surface area (TPSA) is 66.6 Å². The van der Waals surface area contributed by atoms with Crippen LogP contribution in [0.15, 0.2) is 18.2 Å². The molecule has 4 nitrogen and oxygen atoms in total. The molecule has 0 unspecified atom stereocenters. The number of carbonyl (C=O) groups is 1. The van der Waals surface area contributed by atoms with Crippen LogP contribution in [-0.2, 0) is 6.42 Å². The minimum Gasteiger partial charge on any atom is -0.507 e. The van der Waals surface area contributed by atoms with Gasteiger partial charge in [-0.3, -0.25) is 4.79 Å².